The Kier molecular flexibility index (Phi) is 4.48. The number of esters is 1. The van der Waals surface area contributed by atoms with E-state index in [0.717, 1.165) is 24.1 Å². The van der Waals surface area contributed by atoms with E-state index in [1.807, 2.05) is 24.3 Å². The maximum absolute atomic E-state index is 12.9. The number of hydrogen-bond donors (Lipinski definition) is 0. The average Bonchev–Trinajstić information content (AvgIpc) is 3.19. The zero-order valence-electron chi connectivity index (χ0n) is 19.4. The SMILES string of the molecule is CC1(C)N=C(Cc2ccc(C(=O)OC3CC4(C)CCC3C4(C)C)cc2)c2ccccc21. The van der Waals surface area contributed by atoms with Crippen LogP contribution in [0.2, 0.25) is 0 Å². The second-order valence-corrected chi connectivity index (χ2v) is 11.1. The molecule has 31 heavy (non-hydrogen) atoms. The summed E-state index contributed by atoms with van der Waals surface area (Å²) in [5.41, 5.74) is 5.80. The molecule has 5 rings (SSSR count). The summed E-state index contributed by atoms with van der Waals surface area (Å²) in [4.78, 5) is 17.8. The maximum atomic E-state index is 12.9. The van der Waals surface area contributed by atoms with Crippen LogP contribution in [-0.4, -0.2) is 17.8 Å². The lowest BCUT2D eigenvalue weighted by molar-refractivity contribution is 0.0103. The third-order valence-corrected chi connectivity index (χ3v) is 8.72. The van der Waals surface area contributed by atoms with Gasteiger partial charge in [-0.15, -0.1) is 0 Å². The summed E-state index contributed by atoms with van der Waals surface area (Å²) in [5.74, 6) is 0.290. The Bertz CT molecular complexity index is 1060. The lowest BCUT2D eigenvalue weighted by Crippen LogP contribution is -2.28. The van der Waals surface area contributed by atoms with Crippen LogP contribution in [0.25, 0.3) is 0 Å². The van der Waals surface area contributed by atoms with Crippen molar-refractivity contribution >= 4 is 11.7 Å². The smallest absolute Gasteiger partial charge is 0.338 e. The summed E-state index contributed by atoms with van der Waals surface area (Å²) in [6.45, 7) is 11.4. The Labute approximate surface area is 185 Å². The highest BCUT2D eigenvalue weighted by molar-refractivity contribution is 6.05. The van der Waals surface area contributed by atoms with Crippen molar-refractivity contribution in [2.75, 3.05) is 0 Å². The molecule has 0 spiro atoms. The Morgan fingerprint density at radius 1 is 1.03 bits per heavy atom. The van der Waals surface area contributed by atoms with Gasteiger partial charge in [0.25, 0.3) is 0 Å². The Morgan fingerprint density at radius 3 is 2.39 bits per heavy atom. The van der Waals surface area contributed by atoms with Crippen LogP contribution in [0.15, 0.2) is 53.5 Å². The molecule has 1 aliphatic heterocycles. The lowest BCUT2D eigenvalue weighted by atomic mass is 9.71. The van der Waals surface area contributed by atoms with E-state index in [2.05, 4.69) is 58.9 Å². The van der Waals surface area contributed by atoms with Gasteiger partial charge >= 0.3 is 5.97 Å². The van der Waals surface area contributed by atoms with Gasteiger partial charge in [0.2, 0.25) is 0 Å². The van der Waals surface area contributed by atoms with Gasteiger partial charge in [0.15, 0.2) is 0 Å². The molecule has 2 bridgehead atoms. The molecule has 3 heteroatoms. The van der Waals surface area contributed by atoms with Crippen LogP contribution < -0.4 is 0 Å². The number of fused-ring (bicyclic) bond motifs is 3. The predicted molar refractivity (Wildman–Crippen MR) is 125 cm³/mol. The number of benzene rings is 2. The Hall–Kier alpha value is -2.42. The van der Waals surface area contributed by atoms with Gasteiger partial charge < -0.3 is 4.74 Å². The molecular formula is C28H33NO2. The number of carbonyl (C=O) groups excluding carboxylic acids is 1. The van der Waals surface area contributed by atoms with Gasteiger partial charge in [-0.3, -0.25) is 4.99 Å². The van der Waals surface area contributed by atoms with Crippen molar-refractivity contribution in [1.29, 1.82) is 0 Å². The molecule has 0 amide bonds. The van der Waals surface area contributed by atoms with Gasteiger partial charge in [0.05, 0.1) is 11.1 Å². The molecule has 3 atom stereocenters. The molecule has 2 aromatic carbocycles. The van der Waals surface area contributed by atoms with Crippen molar-refractivity contribution < 1.29 is 9.53 Å². The molecule has 2 saturated carbocycles. The molecule has 3 unspecified atom stereocenters. The van der Waals surface area contributed by atoms with E-state index in [0.29, 0.717) is 16.9 Å². The first kappa shape index (κ1) is 20.5. The molecule has 3 aliphatic rings. The minimum Gasteiger partial charge on any atom is -0.458 e. The minimum atomic E-state index is -0.187. The Morgan fingerprint density at radius 2 is 1.74 bits per heavy atom. The fraction of sp³-hybridized carbons (Fsp3) is 0.500. The molecule has 2 fully saturated rings. The quantitative estimate of drug-likeness (QED) is 0.547. The van der Waals surface area contributed by atoms with E-state index in [-0.39, 0.29) is 23.0 Å². The first-order chi connectivity index (χ1) is 14.6. The molecule has 2 aromatic rings. The van der Waals surface area contributed by atoms with E-state index in [4.69, 9.17) is 9.73 Å². The molecule has 0 N–H and O–H groups in total. The predicted octanol–water partition coefficient (Wildman–Crippen LogP) is 6.34. The van der Waals surface area contributed by atoms with Gasteiger partial charge in [-0.05, 0) is 67.2 Å². The van der Waals surface area contributed by atoms with E-state index in [1.165, 1.54) is 24.0 Å². The zero-order valence-corrected chi connectivity index (χ0v) is 19.4. The molecule has 1 heterocycles. The van der Waals surface area contributed by atoms with Crippen molar-refractivity contribution in [3.63, 3.8) is 0 Å². The Balaban J connectivity index is 1.28. The van der Waals surface area contributed by atoms with Crippen LogP contribution in [0, 0.1) is 16.7 Å². The van der Waals surface area contributed by atoms with Crippen LogP contribution in [0.4, 0.5) is 0 Å². The summed E-state index contributed by atoms with van der Waals surface area (Å²) in [7, 11) is 0. The van der Waals surface area contributed by atoms with Gasteiger partial charge in [-0.25, -0.2) is 4.79 Å². The number of carbonyl (C=O) groups is 1. The summed E-state index contributed by atoms with van der Waals surface area (Å²) in [6.07, 6.45) is 4.22. The van der Waals surface area contributed by atoms with Crippen molar-refractivity contribution in [3.05, 3.63) is 70.8 Å². The van der Waals surface area contributed by atoms with Crippen LogP contribution in [0.5, 0.6) is 0 Å². The van der Waals surface area contributed by atoms with Crippen molar-refractivity contribution in [2.45, 2.75) is 71.9 Å². The second kappa shape index (κ2) is 6.79. The van der Waals surface area contributed by atoms with Crippen LogP contribution >= 0.6 is 0 Å². The van der Waals surface area contributed by atoms with Gasteiger partial charge in [0.1, 0.15) is 6.10 Å². The van der Waals surface area contributed by atoms with Crippen LogP contribution in [0.1, 0.15) is 80.9 Å². The van der Waals surface area contributed by atoms with E-state index >= 15 is 0 Å². The van der Waals surface area contributed by atoms with Crippen LogP contribution in [-0.2, 0) is 16.7 Å². The lowest BCUT2D eigenvalue weighted by Gasteiger charge is -2.33. The van der Waals surface area contributed by atoms with Gasteiger partial charge in [-0.1, -0.05) is 57.2 Å². The number of aliphatic imine (C=N–C) groups is 1. The average molecular weight is 416 g/mol. The van der Waals surface area contributed by atoms with E-state index in [9.17, 15) is 4.79 Å². The fourth-order valence-electron chi connectivity index (χ4n) is 6.35. The highest BCUT2D eigenvalue weighted by atomic mass is 16.5. The molecule has 2 aliphatic carbocycles. The molecule has 3 nitrogen and oxygen atoms in total. The normalized spacial score (nSPS) is 29.5. The summed E-state index contributed by atoms with van der Waals surface area (Å²) < 4.78 is 6.02. The summed E-state index contributed by atoms with van der Waals surface area (Å²) in [5, 5.41) is 0. The first-order valence-electron chi connectivity index (χ1n) is 11.6. The second-order valence-electron chi connectivity index (χ2n) is 11.1. The minimum absolute atomic E-state index is 0.0486. The first-order valence-corrected chi connectivity index (χ1v) is 11.6. The highest BCUT2D eigenvalue weighted by Gasteiger charge is 2.61. The standard InChI is InChI=1S/C28H33NO2/c1-26(2)22-14-15-28(26,5)17-24(22)31-25(30)19-12-10-18(11-13-19)16-23-20-8-6-7-9-21(20)27(3,4)29-23/h6-13,22,24H,14-17H2,1-5H3. The molecular weight excluding hydrogens is 382 g/mol. The van der Waals surface area contributed by atoms with E-state index in [1.54, 1.807) is 0 Å². The molecule has 0 saturated heterocycles. The fourth-order valence-corrected chi connectivity index (χ4v) is 6.35. The van der Waals surface area contributed by atoms with Gasteiger partial charge in [-0.2, -0.15) is 0 Å². The largest absolute Gasteiger partial charge is 0.458 e. The molecule has 162 valence electrons. The van der Waals surface area contributed by atoms with E-state index < -0.39 is 0 Å². The van der Waals surface area contributed by atoms with Crippen molar-refractivity contribution in [1.82, 2.24) is 0 Å². The summed E-state index contributed by atoms with van der Waals surface area (Å²) in [6, 6.07) is 16.4. The third kappa shape index (κ3) is 3.16. The third-order valence-electron chi connectivity index (χ3n) is 8.72. The number of hydrogen-bond acceptors (Lipinski definition) is 3. The molecule has 0 radical (unpaired) electrons. The van der Waals surface area contributed by atoms with Crippen molar-refractivity contribution in [2.24, 2.45) is 21.7 Å². The number of nitrogens with zero attached hydrogens (tertiary/aromatic N) is 1. The number of rotatable bonds is 4. The molecule has 0 aromatic heterocycles. The van der Waals surface area contributed by atoms with Crippen LogP contribution in [0.3, 0.4) is 0 Å². The number of ether oxygens (including phenoxy) is 1. The topological polar surface area (TPSA) is 38.7 Å². The van der Waals surface area contributed by atoms with Crippen molar-refractivity contribution in [3.8, 4) is 0 Å². The monoisotopic (exact) mass is 415 g/mol. The van der Waals surface area contributed by atoms with Gasteiger partial charge in [0, 0.05) is 23.6 Å². The summed E-state index contributed by atoms with van der Waals surface area (Å²) >= 11 is 0. The zero-order chi connectivity index (χ0) is 22.0. The highest BCUT2D eigenvalue weighted by Crippen LogP contribution is 2.66. The maximum Gasteiger partial charge on any atom is 0.338 e.